The highest BCUT2D eigenvalue weighted by atomic mass is 16.1. The van der Waals surface area contributed by atoms with Crippen LogP contribution >= 0.6 is 0 Å². The summed E-state index contributed by atoms with van der Waals surface area (Å²) < 4.78 is 0. The second-order valence-electron chi connectivity index (χ2n) is 5.69. The topological polar surface area (TPSA) is 20.3 Å². The zero-order valence-corrected chi connectivity index (χ0v) is 11.1. The van der Waals surface area contributed by atoms with Crippen LogP contribution in [0, 0.1) is 0 Å². The number of fused-ring (bicyclic) bond motifs is 1. The van der Waals surface area contributed by atoms with Crippen LogP contribution in [0.15, 0.2) is 24.3 Å². The van der Waals surface area contributed by atoms with Crippen LogP contribution < -0.4 is 0 Å². The smallest absolute Gasteiger partial charge is 0.135 e. The Morgan fingerprint density at radius 3 is 2.89 bits per heavy atom. The Morgan fingerprint density at radius 2 is 2.06 bits per heavy atom. The average Bonchev–Trinajstić information content (AvgIpc) is 2.38. The molecule has 2 atom stereocenters. The van der Waals surface area contributed by atoms with Gasteiger partial charge in [-0.05, 0) is 37.3 Å². The Kier molecular flexibility index (Phi) is 3.21. The second-order valence-corrected chi connectivity index (χ2v) is 5.69. The van der Waals surface area contributed by atoms with Gasteiger partial charge in [-0.25, -0.2) is 0 Å². The average molecular weight is 243 g/mol. The molecule has 1 aliphatic heterocycles. The minimum absolute atomic E-state index is 0.405. The number of Topliss-reactive ketones (excluding diaryl/α,β-unsaturated/α-hetero) is 1. The molecule has 0 saturated carbocycles. The van der Waals surface area contributed by atoms with E-state index in [0.717, 1.165) is 19.4 Å². The molecule has 2 aliphatic rings. The Labute approximate surface area is 109 Å². The van der Waals surface area contributed by atoms with Gasteiger partial charge in [0.05, 0.1) is 0 Å². The summed E-state index contributed by atoms with van der Waals surface area (Å²) in [5.41, 5.74) is 3.02. The van der Waals surface area contributed by atoms with Crippen LogP contribution in [0.1, 0.15) is 49.8 Å². The van der Waals surface area contributed by atoms with Crippen molar-refractivity contribution in [3.8, 4) is 0 Å². The van der Waals surface area contributed by atoms with E-state index < -0.39 is 0 Å². The molecule has 0 spiro atoms. The van der Waals surface area contributed by atoms with Crippen LogP contribution in [0.5, 0.6) is 0 Å². The van der Waals surface area contributed by atoms with E-state index >= 15 is 0 Å². The van der Waals surface area contributed by atoms with Gasteiger partial charge in [-0.1, -0.05) is 24.3 Å². The minimum Gasteiger partial charge on any atom is -0.300 e. The van der Waals surface area contributed by atoms with Crippen molar-refractivity contribution in [3.05, 3.63) is 35.4 Å². The highest BCUT2D eigenvalue weighted by molar-refractivity contribution is 5.79. The number of nitrogens with zero attached hydrogens (tertiary/aromatic N) is 1. The first-order valence-electron chi connectivity index (χ1n) is 7.11. The van der Waals surface area contributed by atoms with Gasteiger partial charge >= 0.3 is 0 Å². The number of carbonyl (C=O) groups is 1. The molecular formula is C16H21NO. The SMILES string of the molecule is CC1CC(=O)CCN1C1CCCc2ccccc21. The lowest BCUT2D eigenvalue weighted by Gasteiger charge is -2.41. The van der Waals surface area contributed by atoms with Crippen molar-refractivity contribution < 1.29 is 4.79 Å². The summed E-state index contributed by atoms with van der Waals surface area (Å²) in [5, 5.41) is 0. The van der Waals surface area contributed by atoms with E-state index in [4.69, 9.17) is 0 Å². The Bertz CT molecular complexity index is 454. The fraction of sp³-hybridized carbons (Fsp3) is 0.562. The molecule has 1 aliphatic carbocycles. The molecule has 3 rings (SSSR count). The molecule has 96 valence electrons. The van der Waals surface area contributed by atoms with Gasteiger partial charge in [-0.15, -0.1) is 0 Å². The number of carbonyl (C=O) groups excluding carboxylic acids is 1. The highest BCUT2D eigenvalue weighted by Crippen LogP contribution is 2.36. The maximum absolute atomic E-state index is 11.5. The maximum atomic E-state index is 11.5. The van der Waals surface area contributed by atoms with Crippen molar-refractivity contribution in [2.24, 2.45) is 0 Å². The highest BCUT2D eigenvalue weighted by Gasteiger charge is 2.32. The molecule has 2 unspecified atom stereocenters. The molecule has 0 amide bonds. The molecular weight excluding hydrogens is 222 g/mol. The zero-order valence-electron chi connectivity index (χ0n) is 11.1. The molecule has 2 nitrogen and oxygen atoms in total. The molecule has 1 aromatic rings. The Hall–Kier alpha value is -1.15. The second kappa shape index (κ2) is 4.85. The summed E-state index contributed by atoms with van der Waals surface area (Å²) in [6.07, 6.45) is 5.21. The van der Waals surface area contributed by atoms with Gasteiger partial charge in [0, 0.05) is 31.5 Å². The van der Waals surface area contributed by atoms with Crippen LogP contribution in [0.3, 0.4) is 0 Å². The van der Waals surface area contributed by atoms with E-state index in [-0.39, 0.29) is 0 Å². The standard InChI is InChI=1S/C16H21NO/c1-12-11-14(18)9-10-17(12)16-8-4-6-13-5-2-3-7-15(13)16/h2-3,5,7,12,16H,4,6,8-11H2,1H3. The molecule has 0 bridgehead atoms. The van der Waals surface area contributed by atoms with E-state index in [0.29, 0.717) is 17.9 Å². The largest absolute Gasteiger partial charge is 0.300 e. The molecule has 0 N–H and O–H groups in total. The van der Waals surface area contributed by atoms with Gasteiger partial charge in [-0.2, -0.15) is 0 Å². The zero-order chi connectivity index (χ0) is 12.5. The van der Waals surface area contributed by atoms with E-state index in [1.165, 1.54) is 30.4 Å². The normalized spacial score (nSPS) is 29.1. The first-order valence-corrected chi connectivity index (χ1v) is 7.11. The molecule has 2 heteroatoms. The van der Waals surface area contributed by atoms with Crippen LogP contribution in [0.2, 0.25) is 0 Å². The number of aryl methyl sites for hydroxylation is 1. The lowest BCUT2D eigenvalue weighted by molar-refractivity contribution is -0.123. The number of hydrogen-bond acceptors (Lipinski definition) is 2. The molecule has 18 heavy (non-hydrogen) atoms. The third-order valence-electron chi connectivity index (χ3n) is 4.48. The van der Waals surface area contributed by atoms with Gasteiger partial charge in [-0.3, -0.25) is 9.69 Å². The lowest BCUT2D eigenvalue weighted by Crippen LogP contribution is -2.44. The quantitative estimate of drug-likeness (QED) is 0.755. The number of benzene rings is 1. The summed E-state index contributed by atoms with van der Waals surface area (Å²) >= 11 is 0. The fourth-order valence-corrected chi connectivity index (χ4v) is 3.56. The maximum Gasteiger partial charge on any atom is 0.135 e. The minimum atomic E-state index is 0.405. The number of hydrogen-bond donors (Lipinski definition) is 0. The van der Waals surface area contributed by atoms with Crippen LogP contribution in [-0.2, 0) is 11.2 Å². The molecule has 1 heterocycles. The number of piperidine rings is 1. The van der Waals surface area contributed by atoms with Crippen molar-refractivity contribution >= 4 is 5.78 Å². The van der Waals surface area contributed by atoms with Crippen LogP contribution in [0.25, 0.3) is 0 Å². The monoisotopic (exact) mass is 243 g/mol. The molecule has 1 aromatic carbocycles. The first-order chi connectivity index (χ1) is 8.75. The molecule has 1 saturated heterocycles. The Balaban J connectivity index is 1.87. The molecule has 0 aromatic heterocycles. The third-order valence-corrected chi connectivity index (χ3v) is 4.48. The van der Waals surface area contributed by atoms with Crippen molar-refractivity contribution in [3.63, 3.8) is 0 Å². The number of rotatable bonds is 1. The lowest BCUT2D eigenvalue weighted by atomic mass is 9.85. The van der Waals surface area contributed by atoms with Crippen LogP contribution in [0.4, 0.5) is 0 Å². The Morgan fingerprint density at radius 1 is 1.22 bits per heavy atom. The van der Waals surface area contributed by atoms with Crippen molar-refractivity contribution in [2.45, 2.75) is 51.1 Å². The summed E-state index contributed by atoms with van der Waals surface area (Å²) in [6.45, 7) is 3.15. The van der Waals surface area contributed by atoms with E-state index in [9.17, 15) is 4.79 Å². The van der Waals surface area contributed by atoms with Gasteiger partial charge in [0.2, 0.25) is 0 Å². The van der Waals surface area contributed by atoms with E-state index in [1.807, 2.05) is 0 Å². The third kappa shape index (κ3) is 2.10. The van der Waals surface area contributed by atoms with E-state index in [2.05, 4.69) is 36.1 Å². The summed E-state index contributed by atoms with van der Waals surface area (Å²) in [6, 6.07) is 9.78. The predicted molar refractivity (Wildman–Crippen MR) is 72.5 cm³/mol. The number of ketones is 1. The summed E-state index contributed by atoms with van der Waals surface area (Å²) in [7, 11) is 0. The fourth-order valence-electron chi connectivity index (χ4n) is 3.56. The molecule has 0 radical (unpaired) electrons. The van der Waals surface area contributed by atoms with Crippen LogP contribution in [-0.4, -0.2) is 23.3 Å². The summed E-state index contributed by atoms with van der Waals surface area (Å²) in [4.78, 5) is 14.1. The van der Waals surface area contributed by atoms with Crippen molar-refractivity contribution in [1.82, 2.24) is 4.90 Å². The predicted octanol–water partition coefficient (Wildman–Crippen LogP) is 3.12. The van der Waals surface area contributed by atoms with Crippen molar-refractivity contribution in [1.29, 1.82) is 0 Å². The van der Waals surface area contributed by atoms with Gasteiger partial charge in [0.25, 0.3) is 0 Å². The van der Waals surface area contributed by atoms with Crippen molar-refractivity contribution in [2.75, 3.05) is 6.54 Å². The van der Waals surface area contributed by atoms with Gasteiger partial charge in [0.1, 0.15) is 5.78 Å². The number of likely N-dealkylation sites (tertiary alicyclic amines) is 1. The van der Waals surface area contributed by atoms with Gasteiger partial charge < -0.3 is 0 Å². The first kappa shape index (κ1) is 11.9. The van der Waals surface area contributed by atoms with E-state index in [1.54, 1.807) is 0 Å². The molecule has 1 fully saturated rings. The summed E-state index contributed by atoms with van der Waals surface area (Å²) in [5.74, 6) is 0.433. The van der Waals surface area contributed by atoms with Gasteiger partial charge in [0.15, 0.2) is 0 Å².